The van der Waals surface area contributed by atoms with E-state index < -0.39 is 0 Å². The molecule has 0 rings (SSSR count). The number of unbranched alkanes of at least 4 members (excludes halogenated alkanes) is 15. The van der Waals surface area contributed by atoms with Crippen LogP contribution in [0.2, 0.25) is 0 Å². The summed E-state index contributed by atoms with van der Waals surface area (Å²) in [6, 6.07) is 0. The molecule has 0 unspecified atom stereocenters. The van der Waals surface area contributed by atoms with Gasteiger partial charge in [-0.3, -0.25) is 9.59 Å². The van der Waals surface area contributed by atoms with Crippen molar-refractivity contribution < 1.29 is 19.1 Å². The van der Waals surface area contributed by atoms with E-state index >= 15 is 0 Å². The summed E-state index contributed by atoms with van der Waals surface area (Å²) in [7, 11) is 0. The third-order valence-electron chi connectivity index (χ3n) is 7.67. The lowest BCUT2D eigenvalue weighted by atomic mass is 9.87. The van der Waals surface area contributed by atoms with Crippen LogP contribution in [0.1, 0.15) is 183 Å². The zero-order valence-electron chi connectivity index (χ0n) is 26.6. The zero-order chi connectivity index (χ0) is 28.5. The van der Waals surface area contributed by atoms with Crippen molar-refractivity contribution >= 4 is 11.9 Å². The van der Waals surface area contributed by atoms with Crippen molar-refractivity contribution in [3.05, 3.63) is 0 Å². The quantitative estimate of drug-likeness (QED) is 0.0770. The van der Waals surface area contributed by atoms with Crippen LogP contribution in [0, 0.1) is 10.8 Å². The van der Waals surface area contributed by atoms with Crippen molar-refractivity contribution in [1.82, 2.24) is 0 Å². The highest BCUT2D eigenvalue weighted by atomic mass is 16.5. The average molecular weight is 539 g/mol. The Morgan fingerprint density at radius 3 is 1.08 bits per heavy atom. The smallest absolute Gasteiger partial charge is 0.305 e. The molecule has 0 N–H and O–H groups in total. The predicted molar refractivity (Wildman–Crippen MR) is 162 cm³/mol. The van der Waals surface area contributed by atoms with Crippen molar-refractivity contribution in [2.24, 2.45) is 10.8 Å². The number of ether oxygens (including phenoxy) is 2. The van der Waals surface area contributed by atoms with E-state index in [0.29, 0.717) is 26.1 Å². The molecule has 0 amide bonds. The van der Waals surface area contributed by atoms with Crippen molar-refractivity contribution in [2.45, 2.75) is 183 Å². The maximum atomic E-state index is 12.1. The van der Waals surface area contributed by atoms with E-state index in [1.807, 2.05) is 0 Å². The molecule has 0 radical (unpaired) electrons. The van der Waals surface area contributed by atoms with Gasteiger partial charge in [0, 0.05) is 12.8 Å². The first-order valence-corrected chi connectivity index (χ1v) is 16.4. The molecule has 0 aliphatic carbocycles. The van der Waals surface area contributed by atoms with E-state index in [1.165, 1.54) is 89.9 Å². The molecular formula is C34H66O4. The van der Waals surface area contributed by atoms with Crippen molar-refractivity contribution in [3.8, 4) is 0 Å². The lowest BCUT2D eigenvalue weighted by Crippen LogP contribution is -2.22. The van der Waals surface area contributed by atoms with Gasteiger partial charge in [-0.15, -0.1) is 0 Å². The van der Waals surface area contributed by atoms with Gasteiger partial charge >= 0.3 is 11.9 Å². The molecule has 4 nitrogen and oxygen atoms in total. The predicted octanol–water partition coefficient (Wildman–Crippen LogP) is 10.7. The first-order chi connectivity index (χ1) is 18.1. The lowest BCUT2D eigenvalue weighted by Gasteiger charge is -2.24. The molecule has 0 aromatic heterocycles. The maximum Gasteiger partial charge on any atom is 0.305 e. The topological polar surface area (TPSA) is 52.6 Å². The number of rotatable bonds is 27. The molecular weight excluding hydrogens is 472 g/mol. The Labute approximate surface area is 237 Å². The Bertz CT molecular complexity index is 517. The van der Waals surface area contributed by atoms with Gasteiger partial charge in [-0.1, -0.05) is 144 Å². The van der Waals surface area contributed by atoms with Crippen molar-refractivity contribution in [1.29, 1.82) is 0 Å². The second-order valence-electron chi connectivity index (χ2n) is 13.3. The summed E-state index contributed by atoms with van der Waals surface area (Å²) in [5, 5.41) is 0. The summed E-state index contributed by atoms with van der Waals surface area (Å²) in [6.45, 7) is 14.4. The second kappa shape index (κ2) is 23.8. The SMILES string of the molecule is CCCCCCCC(C)(C)COC(=O)CCCCCCCCCCC(=O)OCC(C)(C)CCCCCCC. The van der Waals surface area contributed by atoms with Gasteiger partial charge < -0.3 is 9.47 Å². The van der Waals surface area contributed by atoms with Crippen LogP contribution in [-0.2, 0) is 19.1 Å². The average Bonchev–Trinajstić information content (AvgIpc) is 2.87. The molecule has 0 fully saturated rings. The summed E-state index contributed by atoms with van der Waals surface area (Å²) >= 11 is 0. The molecule has 0 saturated carbocycles. The summed E-state index contributed by atoms with van der Waals surface area (Å²) in [5.74, 6) is -0.0717. The number of hydrogen-bond acceptors (Lipinski definition) is 4. The third kappa shape index (κ3) is 25.2. The van der Waals surface area contributed by atoms with E-state index in [9.17, 15) is 9.59 Å². The summed E-state index contributed by atoms with van der Waals surface area (Å²) in [5.41, 5.74) is 0.172. The van der Waals surface area contributed by atoms with E-state index in [0.717, 1.165) is 38.5 Å². The molecule has 0 saturated heterocycles. The third-order valence-corrected chi connectivity index (χ3v) is 7.67. The van der Waals surface area contributed by atoms with Gasteiger partial charge in [0.05, 0.1) is 13.2 Å². The largest absolute Gasteiger partial charge is 0.465 e. The first-order valence-electron chi connectivity index (χ1n) is 16.4. The molecule has 4 heteroatoms. The van der Waals surface area contributed by atoms with Crippen molar-refractivity contribution in [2.75, 3.05) is 13.2 Å². The Kier molecular flexibility index (Phi) is 23.1. The number of hydrogen-bond donors (Lipinski definition) is 0. The lowest BCUT2D eigenvalue weighted by molar-refractivity contribution is -0.147. The summed E-state index contributed by atoms with van der Waals surface area (Å²) < 4.78 is 11.1. The zero-order valence-corrected chi connectivity index (χ0v) is 26.6. The first kappa shape index (κ1) is 36.9. The van der Waals surface area contributed by atoms with Crippen LogP contribution in [0.15, 0.2) is 0 Å². The van der Waals surface area contributed by atoms with E-state index in [4.69, 9.17) is 9.47 Å². The summed E-state index contributed by atoms with van der Waals surface area (Å²) in [4.78, 5) is 24.2. The fourth-order valence-corrected chi connectivity index (χ4v) is 4.85. The molecule has 0 bridgehead atoms. The Balaban J connectivity index is 3.59. The molecule has 38 heavy (non-hydrogen) atoms. The molecule has 0 atom stereocenters. The van der Waals surface area contributed by atoms with Crippen LogP contribution >= 0.6 is 0 Å². The van der Waals surface area contributed by atoms with E-state index in [-0.39, 0.29) is 22.8 Å². The molecule has 0 spiro atoms. The highest BCUT2D eigenvalue weighted by molar-refractivity contribution is 5.69. The highest BCUT2D eigenvalue weighted by Gasteiger charge is 2.20. The molecule has 0 heterocycles. The fraction of sp³-hybridized carbons (Fsp3) is 0.941. The van der Waals surface area contributed by atoms with Gasteiger partial charge in [0.15, 0.2) is 0 Å². The maximum absolute atomic E-state index is 12.1. The van der Waals surface area contributed by atoms with Crippen LogP contribution in [0.3, 0.4) is 0 Å². The van der Waals surface area contributed by atoms with Crippen LogP contribution in [0.5, 0.6) is 0 Å². The molecule has 226 valence electrons. The van der Waals surface area contributed by atoms with E-state index in [1.54, 1.807) is 0 Å². The normalized spacial score (nSPS) is 12.1. The highest BCUT2D eigenvalue weighted by Crippen LogP contribution is 2.26. The summed E-state index contributed by atoms with van der Waals surface area (Å²) in [6.07, 6.45) is 25.0. The molecule has 0 aromatic rings. The standard InChI is InChI=1S/C34H66O4/c1-7-9-11-19-23-27-33(3,4)29-37-31(35)25-21-17-15-13-14-16-18-22-26-32(36)38-30-34(5,6)28-24-20-12-10-8-2/h7-30H2,1-6H3. The van der Waals surface area contributed by atoms with Crippen LogP contribution in [0.25, 0.3) is 0 Å². The second-order valence-corrected chi connectivity index (χ2v) is 13.3. The Hall–Kier alpha value is -1.06. The van der Waals surface area contributed by atoms with Crippen LogP contribution < -0.4 is 0 Å². The van der Waals surface area contributed by atoms with Gasteiger partial charge in [0.1, 0.15) is 0 Å². The number of esters is 2. The minimum atomic E-state index is -0.0358. The van der Waals surface area contributed by atoms with Gasteiger partial charge in [0.2, 0.25) is 0 Å². The molecule has 0 aliphatic heterocycles. The van der Waals surface area contributed by atoms with Gasteiger partial charge in [0.25, 0.3) is 0 Å². The molecule has 0 aromatic carbocycles. The van der Waals surface area contributed by atoms with Crippen LogP contribution in [-0.4, -0.2) is 25.2 Å². The number of carbonyl (C=O) groups is 2. The van der Waals surface area contributed by atoms with E-state index in [2.05, 4.69) is 41.5 Å². The van der Waals surface area contributed by atoms with Crippen molar-refractivity contribution in [3.63, 3.8) is 0 Å². The van der Waals surface area contributed by atoms with Gasteiger partial charge in [-0.05, 0) is 36.5 Å². The monoisotopic (exact) mass is 538 g/mol. The van der Waals surface area contributed by atoms with Gasteiger partial charge in [-0.25, -0.2) is 0 Å². The molecule has 0 aliphatic rings. The minimum absolute atomic E-state index is 0.0358. The fourth-order valence-electron chi connectivity index (χ4n) is 4.85. The number of carbonyl (C=O) groups excluding carboxylic acids is 2. The van der Waals surface area contributed by atoms with Gasteiger partial charge in [-0.2, -0.15) is 0 Å². The Morgan fingerprint density at radius 2 is 0.737 bits per heavy atom. The Morgan fingerprint density at radius 1 is 0.447 bits per heavy atom. The van der Waals surface area contributed by atoms with Crippen LogP contribution in [0.4, 0.5) is 0 Å². The minimum Gasteiger partial charge on any atom is -0.465 e.